The quantitative estimate of drug-likeness (QED) is 0.717. The fourth-order valence-electron chi connectivity index (χ4n) is 3.11. The topological polar surface area (TPSA) is 84.9 Å². The molecule has 1 saturated heterocycles. The van der Waals surface area contributed by atoms with Gasteiger partial charge in [-0.1, -0.05) is 35.9 Å². The molecule has 29 heavy (non-hydrogen) atoms. The maximum atomic E-state index is 12.7. The Morgan fingerprint density at radius 3 is 2.55 bits per heavy atom. The van der Waals surface area contributed by atoms with Crippen LogP contribution in [0.15, 0.2) is 42.5 Å². The first-order chi connectivity index (χ1) is 13.9. The van der Waals surface area contributed by atoms with E-state index < -0.39 is 10.0 Å². The molecule has 1 aliphatic rings. The lowest BCUT2D eigenvalue weighted by molar-refractivity contribution is 0.0729. The summed E-state index contributed by atoms with van der Waals surface area (Å²) in [5.74, 6) is -0.0650. The Balaban J connectivity index is 1.73. The second-order valence-corrected chi connectivity index (χ2v) is 8.97. The van der Waals surface area contributed by atoms with Gasteiger partial charge in [0.25, 0.3) is 5.91 Å². The number of sulfonamides is 1. The maximum absolute atomic E-state index is 12.7. The first-order valence-electron chi connectivity index (χ1n) is 9.15. The SMILES string of the molecule is COc1ccc(Cl)cc1C(=O)NCc1ccccc1CS(=O)(=O)N1CCOCC1. The fourth-order valence-corrected chi connectivity index (χ4v) is 4.85. The molecular formula is C20H23ClN2O5S. The third kappa shape index (κ3) is 5.48. The van der Waals surface area contributed by atoms with E-state index in [1.807, 2.05) is 6.07 Å². The number of carbonyl (C=O) groups excluding carboxylic acids is 1. The molecule has 156 valence electrons. The molecular weight excluding hydrogens is 416 g/mol. The van der Waals surface area contributed by atoms with Crippen LogP contribution in [0, 0.1) is 0 Å². The smallest absolute Gasteiger partial charge is 0.255 e. The maximum Gasteiger partial charge on any atom is 0.255 e. The molecule has 1 aliphatic heterocycles. The summed E-state index contributed by atoms with van der Waals surface area (Å²) in [6.07, 6.45) is 0. The largest absolute Gasteiger partial charge is 0.496 e. The van der Waals surface area contributed by atoms with Crippen molar-refractivity contribution in [1.29, 1.82) is 0 Å². The van der Waals surface area contributed by atoms with E-state index in [0.717, 1.165) is 5.56 Å². The molecule has 0 unspecified atom stereocenters. The third-order valence-electron chi connectivity index (χ3n) is 4.67. The van der Waals surface area contributed by atoms with Crippen molar-refractivity contribution < 1.29 is 22.7 Å². The first-order valence-corrected chi connectivity index (χ1v) is 11.1. The summed E-state index contributed by atoms with van der Waals surface area (Å²) in [5, 5.41) is 3.24. The molecule has 2 aromatic carbocycles. The van der Waals surface area contributed by atoms with E-state index in [0.29, 0.717) is 48.2 Å². The molecule has 1 fully saturated rings. The molecule has 0 atom stereocenters. The van der Waals surface area contributed by atoms with Gasteiger partial charge in [0, 0.05) is 24.7 Å². The molecule has 0 radical (unpaired) electrons. The minimum Gasteiger partial charge on any atom is -0.496 e. The van der Waals surface area contributed by atoms with Gasteiger partial charge in [-0.15, -0.1) is 0 Å². The molecule has 0 spiro atoms. The minimum atomic E-state index is -3.46. The average Bonchev–Trinajstić information content (AvgIpc) is 2.73. The highest BCUT2D eigenvalue weighted by molar-refractivity contribution is 7.88. The second kappa shape index (κ2) is 9.58. The normalized spacial score (nSPS) is 15.1. The van der Waals surface area contributed by atoms with Crippen molar-refractivity contribution in [3.8, 4) is 5.75 Å². The Kier molecular flexibility index (Phi) is 7.13. The summed E-state index contributed by atoms with van der Waals surface area (Å²) in [7, 11) is -1.98. The van der Waals surface area contributed by atoms with Crippen molar-refractivity contribution >= 4 is 27.5 Å². The van der Waals surface area contributed by atoms with Crippen molar-refractivity contribution in [1.82, 2.24) is 9.62 Å². The van der Waals surface area contributed by atoms with Crippen LogP contribution in [0.4, 0.5) is 0 Å². The second-order valence-electron chi connectivity index (χ2n) is 6.56. The molecule has 0 aliphatic carbocycles. The predicted octanol–water partition coefficient (Wildman–Crippen LogP) is 2.44. The standard InChI is InChI=1S/C20H23ClN2O5S/c1-27-19-7-6-17(21)12-18(19)20(24)22-13-15-4-2-3-5-16(15)14-29(25,26)23-8-10-28-11-9-23/h2-7,12H,8-11,13-14H2,1H3,(H,22,24). The number of nitrogens with zero attached hydrogens (tertiary/aromatic N) is 1. The van der Waals surface area contributed by atoms with Crippen LogP contribution >= 0.6 is 11.6 Å². The number of carbonyl (C=O) groups is 1. The van der Waals surface area contributed by atoms with E-state index in [1.165, 1.54) is 17.5 Å². The molecule has 1 N–H and O–H groups in total. The van der Waals surface area contributed by atoms with Crippen molar-refractivity contribution in [2.24, 2.45) is 0 Å². The summed E-state index contributed by atoms with van der Waals surface area (Å²) in [6.45, 7) is 1.70. The van der Waals surface area contributed by atoms with E-state index in [-0.39, 0.29) is 18.2 Å². The van der Waals surface area contributed by atoms with Gasteiger partial charge in [-0.3, -0.25) is 4.79 Å². The van der Waals surface area contributed by atoms with E-state index in [4.69, 9.17) is 21.1 Å². The Morgan fingerprint density at radius 1 is 1.17 bits per heavy atom. The summed E-state index contributed by atoms with van der Waals surface area (Å²) in [4.78, 5) is 12.6. The van der Waals surface area contributed by atoms with Crippen molar-refractivity contribution in [3.05, 3.63) is 64.2 Å². The number of amides is 1. The highest BCUT2D eigenvalue weighted by Crippen LogP contribution is 2.23. The predicted molar refractivity (Wildman–Crippen MR) is 111 cm³/mol. The molecule has 3 rings (SSSR count). The lowest BCUT2D eigenvalue weighted by Gasteiger charge is -2.26. The van der Waals surface area contributed by atoms with Crippen LogP contribution in [0.25, 0.3) is 0 Å². The molecule has 9 heteroatoms. The molecule has 7 nitrogen and oxygen atoms in total. The van der Waals surface area contributed by atoms with Gasteiger partial charge in [0.05, 0.1) is 31.6 Å². The number of nitrogens with one attached hydrogen (secondary N) is 1. The lowest BCUT2D eigenvalue weighted by Crippen LogP contribution is -2.41. The number of methoxy groups -OCH3 is 1. The van der Waals surface area contributed by atoms with Crippen LogP contribution in [-0.2, 0) is 27.1 Å². The first kappa shape index (κ1) is 21.6. The Hall–Kier alpha value is -2.13. The Morgan fingerprint density at radius 2 is 1.86 bits per heavy atom. The molecule has 0 aromatic heterocycles. The number of morpholine rings is 1. The number of benzene rings is 2. The van der Waals surface area contributed by atoms with Crippen molar-refractivity contribution in [2.45, 2.75) is 12.3 Å². The van der Waals surface area contributed by atoms with Crippen LogP contribution in [0.2, 0.25) is 5.02 Å². The summed E-state index contributed by atoms with van der Waals surface area (Å²) >= 11 is 5.99. The van der Waals surface area contributed by atoms with Crippen molar-refractivity contribution in [3.63, 3.8) is 0 Å². The van der Waals surface area contributed by atoms with E-state index in [9.17, 15) is 13.2 Å². The number of hydrogen-bond acceptors (Lipinski definition) is 5. The zero-order chi connectivity index (χ0) is 20.9. The Labute approximate surface area is 175 Å². The Bertz CT molecular complexity index is 975. The molecule has 1 heterocycles. The van der Waals surface area contributed by atoms with Crippen LogP contribution in [0.3, 0.4) is 0 Å². The number of hydrogen-bond donors (Lipinski definition) is 1. The van der Waals surface area contributed by atoms with E-state index in [1.54, 1.807) is 30.3 Å². The highest BCUT2D eigenvalue weighted by Gasteiger charge is 2.25. The van der Waals surface area contributed by atoms with Crippen LogP contribution in [0.5, 0.6) is 5.75 Å². The summed E-state index contributed by atoms with van der Waals surface area (Å²) < 4.78 is 37.4. The number of halogens is 1. The minimum absolute atomic E-state index is 0.125. The third-order valence-corrected chi connectivity index (χ3v) is 6.73. The van der Waals surface area contributed by atoms with Gasteiger partial charge < -0.3 is 14.8 Å². The fraction of sp³-hybridized carbons (Fsp3) is 0.350. The molecule has 0 bridgehead atoms. The van der Waals surface area contributed by atoms with Gasteiger partial charge in [0.15, 0.2) is 0 Å². The average molecular weight is 439 g/mol. The summed E-state index contributed by atoms with van der Waals surface area (Å²) in [5.41, 5.74) is 1.70. The van der Waals surface area contributed by atoms with Gasteiger partial charge >= 0.3 is 0 Å². The summed E-state index contributed by atoms with van der Waals surface area (Å²) in [6, 6.07) is 12.0. The van der Waals surface area contributed by atoms with Crippen LogP contribution in [-0.4, -0.2) is 52.0 Å². The lowest BCUT2D eigenvalue weighted by atomic mass is 10.1. The van der Waals surface area contributed by atoms with Gasteiger partial charge in [-0.25, -0.2) is 8.42 Å². The zero-order valence-corrected chi connectivity index (χ0v) is 17.6. The molecule has 1 amide bonds. The van der Waals surface area contributed by atoms with Gasteiger partial charge in [-0.05, 0) is 29.3 Å². The highest BCUT2D eigenvalue weighted by atomic mass is 35.5. The van der Waals surface area contributed by atoms with Crippen LogP contribution < -0.4 is 10.1 Å². The monoisotopic (exact) mass is 438 g/mol. The van der Waals surface area contributed by atoms with Crippen molar-refractivity contribution in [2.75, 3.05) is 33.4 Å². The molecule has 0 saturated carbocycles. The number of ether oxygens (including phenoxy) is 2. The van der Waals surface area contributed by atoms with Gasteiger partial charge in [0.2, 0.25) is 10.0 Å². The van der Waals surface area contributed by atoms with Gasteiger partial charge in [0.1, 0.15) is 5.75 Å². The van der Waals surface area contributed by atoms with E-state index >= 15 is 0 Å². The van der Waals surface area contributed by atoms with Crippen LogP contribution in [0.1, 0.15) is 21.5 Å². The number of rotatable bonds is 7. The van der Waals surface area contributed by atoms with E-state index in [2.05, 4.69) is 5.32 Å². The molecule has 2 aromatic rings. The zero-order valence-electron chi connectivity index (χ0n) is 16.1. The van der Waals surface area contributed by atoms with Gasteiger partial charge in [-0.2, -0.15) is 4.31 Å².